The average Bonchev–Trinajstić information content (AvgIpc) is 2.17. The molecule has 0 saturated carbocycles. The monoisotopic (exact) mass is 186 g/mol. The Labute approximate surface area is 80.0 Å². The third kappa shape index (κ3) is 5.58. The number of nitrogens with zero attached hydrogens (tertiary/aromatic N) is 2. The van der Waals surface area contributed by atoms with Crippen molar-refractivity contribution in [3.05, 3.63) is 0 Å². The van der Waals surface area contributed by atoms with Crippen molar-refractivity contribution in [2.75, 3.05) is 40.5 Å². The van der Waals surface area contributed by atoms with Crippen LogP contribution in [0.1, 0.15) is 6.92 Å². The molecule has 0 radical (unpaired) electrons. The summed E-state index contributed by atoms with van der Waals surface area (Å²) in [6.45, 7) is 4.72. The second-order valence-corrected chi connectivity index (χ2v) is 2.83. The lowest BCUT2D eigenvalue weighted by Crippen LogP contribution is -2.37. The average molecular weight is 186 g/mol. The summed E-state index contributed by atoms with van der Waals surface area (Å²) < 4.78 is 9.91. The van der Waals surface area contributed by atoms with Crippen molar-refractivity contribution in [2.45, 2.75) is 13.0 Å². The molecule has 0 aromatic heterocycles. The lowest BCUT2D eigenvalue weighted by Gasteiger charge is -2.23. The van der Waals surface area contributed by atoms with E-state index in [2.05, 4.69) is 6.07 Å². The summed E-state index contributed by atoms with van der Waals surface area (Å²) in [5.74, 6) is 0. The van der Waals surface area contributed by atoms with E-state index in [1.807, 2.05) is 11.8 Å². The molecule has 1 unspecified atom stereocenters. The molecule has 0 saturated heterocycles. The minimum atomic E-state index is -0.0784. The second-order valence-electron chi connectivity index (χ2n) is 2.83. The van der Waals surface area contributed by atoms with Crippen molar-refractivity contribution in [1.82, 2.24) is 4.90 Å². The van der Waals surface area contributed by atoms with Crippen molar-refractivity contribution in [2.24, 2.45) is 0 Å². The van der Waals surface area contributed by atoms with Crippen molar-refractivity contribution in [3.63, 3.8) is 0 Å². The number of nitriles is 1. The van der Waals surface area contributed by atoms with Crippen LogP contribution >= 0.6 is 0 Å². The minimum absolute atomic E-state index is 0.0784. The van der Waals surface area contributed by atoms with Crippen LogP contribution < -0.4 is 0 Å². The van der Waals surface area contributed by atoms with Gasteiger partial charge in [0.15, 0.2) is 0 Å². The van der Waals surface area contributed by atoms with Gasteiger partial charge in [0.25, 0.3) is 0 Å². The lowest BCUT2D eigenvalue weighted by molar-refractivity contribution is 0.105. The molecule has 0 heterocycles. The molecule has 0 amide bonds. The van der Waals surface area contributed by atoms with Crippen LogP contribution in [-0.2, 0) is 9.47 Å². The fourth-order valence-corrected chi connectivity index (χ4v) is 0.998. The van der Waals surface area contributed by atoms with Gasteiger partial charge in [-0.15, -0.1) is 0 Å². The molecule has 0 aromatic rings. The van der Waals surface area contributed by atoms with E-state index in [0.717, 1.165) is 13.1 Å². The molecule has 0 bridgehead atoms. The minimum Gasteiger partial charge on any atom is -0.383 e. The number of hydrogen-bond donors (Lipinski definition) is 0. The second kappa shape index (κ2) is 7.99. The van der Waals surface area contributed by atoms with Gasteiger partial charge in [0.2, 0.25) is 0 Å². The highest BCUT2D eigenvalue weighted by molar-refractivity contribution is 4.87. The molecule has 0 fully saturated rings. The highest BCUT2D eigenvalue weighted by Gasteiger charge is 2.11. The third-order valence-electron chi connectivity index (χ3n) is 1.90. The first-order valence-electron chi connectivity index (χ1n) is 4.37. The Morgan fingerprint density at radius 1 is 1.23 bits per heavy atom. The molecule has 4 nitrogen and oxygen atoms in total. The lowest BCUT2D eigenvalue weighted by atomic mass is 10.3. The largest absolute Gasteiger partial charge is 0.383 e. The van der Waals surface area contributed by atoms with Gasteiger partial charge in [-0.2, -0.15) is 5.26 Å². The zero-order valence-electron chi connectivity index (χ0n) is 8.62. The summed E-state index contributed by atoms with van der Waals surface area (Å²) in [6, 6.07) is 2.12. The Balaban J connectivity index is 3.81. The van der Waals surface area contributed by atoms with Crippen LogP contribution in [0.2, 0.25) is 0 Å². The normalized spacial score (nSPS) is 12.8. The van der Waals surface area contributed by atoms with E-state index in [1.165, 1.54) is 0 Å². The maximum atomic E-state index is 8.73. The van der Waals surface area contributed by atoms with Crippen LogP contribution in [0.5, 0.6) is 0 Å². The predicted molar refractivity (Wildman–Crippen MR) is 50.4 cm³/mol. The van der Waals surface area contributed by atoms with Crippen LogP contribution in [-0.4, -0.2) is 51.5 Å². The fraction of sp³-hybridized carbons (Fsp3) is 0.889. The molecule has 0 aliphatic rings. The van der Waals surface area contributed by atoms with E-state index in [9.17, 15) is 0 Å². The van der Waals surface area contributed by atoms with Gasteiger partial charge in [0.05, 0.1) is 25.3 Å². The SMILES string of the molecule is COCCN(CCOC)C(C)C#N. The highest BCUT2D eigenvalue weighted by atomic mass is 16.5. The quantitative estimate of drug-likeness (QED) is 0.580. The first kappa shape index (κ1) is 12.4. The van der Waals surface area contributed by atoms with Crippen LogP contribution in [0.15, 0.2) is 0 Å². The summed E-state index contributed by atoms with van der Waals surface area (Å²) in [5.41, 5.74) is 0. The van der Waals surface area contributed by atoms with E-state index in [4.69, 9.17) is 14.7 Å². The summed E-state index contributed by atoms with van der Waals surface area (Å²) in [5, 5.41) is 8.73. The number of methoxy groups -OCH3 is 2. The number of rotatable bonds is 7. The molecule has 0 N–H and O–H groups in total. The van der Waals surface area contributed by atoms with E-state index in [1.54, 1.807) is 14.2 Å². The Hall–Kier alpha value is -0.630. The standard InChI is InChI=1S/C9H18N2O2/c1-9(8-10)11(4-6-12-2)5-7-13-3/h9H,4-7H2,1-3H3. The number of ether oxygens (including phenoxy) is 2. The third-order valence-corrected chi connectivity index (χ3v) is 1.90. The van der Waals surface area contributed by atoms with Gasteiger partial charge in [-0.1, -0.05) is 0 Å². The predicted octanol–water partition coefficient (Wildman–Crippen LogP) is 0.493. The van der Waals surface area contributed by atoms with E-state index >= 15 is 0 Å². The molecule has 1 atom stereocenters. The Morgan fingerprint density at radius 2 is 1.69 bits per heavy atom. The summed E-state index contributed by atoms with van der Waals surface area (Å²) in [6.07, 6.45) is 0. The molecule has 0 rings (SSSR count). The van der Waals surface area contributed by atoms with Gasteiger partial charge in [0.1, 0.15) is 0 Å². The van der Waals surface area contributed by atoms with E-state index in [-0.39, 0.29) is 6.04 Å². The topological polar surface area (TPSA) is 45.5 Å². The molecule has 0 aliphatic carbocycles. The van der Waals surface area contributed by atoms with Crippen molar-refractivity contribution in [3.8, 4) is 6.07 Å². The molecule has 13 heavy (non-hydrogen) atoms. The molecular formula is C9H18N2O2. The van der Waals surface area contributed by atoms with Crippen molar-refractivity contribution in [1.29, 1.82) is 5.26 Å². The van der Waals surface area contributed by atoms with Crippen LogP contribution in [0.3, 0.4) is 0 Å². The summed E-state index contributed by atoms with van der Waals surface area (Å²) in [4.78, 5) is 2.03. The maximum Gasteiger partial charge on any atom is 0.0950 e. The zero-order chi connectivity index (χ0) is 10.1. The van der Waals surface area contributed by atoms with Gasteiger partial charge >= 0.3 is 0 Å². The molecule has 76 valence electrons. The summed E-state index contributed by atoms with van der Waals surface area (Å²) in [7, 11) is 3.32. The first-order valence-corrected chi connectivity index (χ1v) is 4.37. The van der Waals surface area contributed by atoms with Crippen molar-refractivity contribution >= 4 is 0 Å². The van der Waals surface area contributed by atoms with E-state index in [0.29, 0.717) is 13.2 Å². The molecular weight excluding hydrogens is 168 g/mol. The summed E-state index contributed by atoms with van der Waals surface area (Å²) >= 11 is 0. The van der Waals surface area contributed by atoms with Gasteiger partial charge in [-0.3, -0.25) is 4.90 Å². The zero-order valence-corrected chi connectivity index (χ0v) is 8.62. The Kier molecular flexibility index (Phi) is 7.60. The molecule has 0 spiro atoms. The maximum absolute atomic E-state index is 8.73. The van der Waals surface area contributed by atoms with Gasteiger partial charge < -0.3 is 9.47 Å². The van der Waals surface area contributed by atoms with Crippen LogP contribution in [0.25, 0.3) is 0 Å². The van der Waals surface area contributed by atoms with Crippen LogP contribution in [0, 0.1) is 11.3 Å². The number of hydrogen-bond acceptors (Lipinski definition) is 4. The first-order chi connectivity index (χ1) is 6.26. The fourth-order valence-electron chi connectivity index (χ4n) is 0.998. The highest BCUT2D eigenvalue weighted by Crippen LogP contribution is 1.97. The van der Waals surface area contributed by atoms with Gasteiger partial charge in [-0.25, -0.2) is 0 Å². The molecule has 4 heteroatoms. The van der Waals surface area contributed by atoms with Crippen LogP contribution in [0.4, 0.5) is 0 Å². The van der Waals surface area contributed by atoms with Crippen molar-refractivity contribution < 1.29 is 9.47 Å². The smallest absolute Gasteiger partial charge is 0.0950 e. The Morgan fingerprint density at radius 3 is 2.00 bits per heavy atom. The van der Waals surface area contributed by atoms with Gasteiger partial charge in [-0.05, 0) is 6.92 Å². The molecule has 0 aliphatic heterocycles. The van der Waals surface area contributed by atoms with Gasteiger partial charge in [0, 0.05) is 27.3 Å². The Bertz CT molecular complexity index is 148. The molecule has 0 aromatic carbocycles. The van der Waals surface area contributed by atoms with E-state index < -0.39 is 0 Å².